The molecule has 86 valence electrons. The topological polar surface area (TPSA) is 56.2 Å². The van der Waals surface area contributed by atoms with Gasteiger partial charge in [0.05, 0.1) is 0 Å². The number of amides is 2. The fourth-order valence-electron chi connectivity index (χ4n) is 2.50. The van der Waals surface area contributed by atoms with E-state index in [1.807, 2.05) is 11.8 Å². The fraction of sp³-hybridized carbons (Fsp3) is 0.818. The van der Waals surface area contributed by atoms with E-state index in [1.54, 1.807) is 0 Å². The van der Waals surface area contributed by atoms with Crippen LogP contribution in [0.15, 0.2) is 0 Å². The molecule has 0 aliphatic carbocycles. The maximum absolute atomic E-state index is 11.7. The van der Waals surface area contributed by atoms with E-state index in [-0.39, 0.29) is 11.9 Å². The Hall–Kier alpha value is -1.06. The van der Waals surface area contributed by atoms with E-state index in [1.165, 1.54) is 0 Å². The van der Waals surface area contributed by atoms with Gasteiger partial charge in [-0.3, -0.25) is 10.7 Å². The highest BCUT2D eigenvalue weighted by Gasteiger charge is 2.50. The zero-order valence-corrected chi connectivity index (χ0v) is 10.1. The Kier molecular flexibility index (Phi) is 3.37. The van der Waals surface area contributed by atoms with E-state index in [9.17, 15) is 4.79 Å². The first-order valence-corrected chi connectivity index (χ1v) is 5.68. The number of hydrogen-bond donors (Lipinski definition) is 2. The van der Waals surface area contributed by atoms with Crippen LogP contribution in [0.4, 0.5) is 4.79 Å². The van der Waals surface area contributed by atoms with Crippen LogP contribution in [0.1, 0.15) is 40.5 Å². The summed E-state index contributed by atoms with van der Waals surface area (Å²) < 4.78 is 0. The van der Waals surface area contributed by atoms with Crippen LogP contribution in [-0.2, 0) is 0 Å². The van der Waals surface area contributed by atoms with Crippen LogP contribution < -0.4 is 5.32 Å². The van der Waals surface area contributed by atoms with Crippen LogP contribution in [0, 0.1) is 11.3 Å². The van der Waals surface area contributed by atoms with Gasteiger partial charge in [-0.15, -0.1) is 0 Å². The number of carbonyl (C=O) groups excluding carboxylic acids is 1. The van der Waals surface area contributed by atoms with Crippen molar-refractivity contribution in [1.82, 2.24) is 10.2 Å². The quantitative estimate of drug-likeness (QED) is 0.736. The summed E-state index contributed by atoms with van der Waals surface area (Å²) in [6.45, 7) is 8.95. The molecule has 0 radical (unpaired) electrons. The molecule has 1 atom stereocenters. The van der Waals surface area contributed by atoms with Crippen molar-refractivity contribution in [3.05, 3.63) is 0 Å². The third kappa shape index (κ3) is 1.62. The molecule has 4 nitrogen and oxygen atoms in total. The van der Waals surface area contributed by atoms with Gasteiger partial charge in [0, 0.05) is 6.54 Å². The molecule has 2 amide bonds. The molecule has 1 aliphatic heterocycles. The minimum absolute atomic E-state index is 0.114. The van der Waals surface area contributed by atoms with Gasteiger partial charge in [-0.2, -0.15) is 0 Å². The minimum Gasteiger partial charge on any atom is -0.311 e. The summed E-state index contributed by atoms with van der Waals surface area (Å²) in [4.78, 5) is 13.5. The molecule has 2 N–H and O–H groups in total. The number of nitrogens with one attached hydrogen (secondary N) is 2. The number of nitrogens with zero attached hydrogens (tertiary/aromatic N) is 1. The molecular weight excluding hydrogens is 190 g/mol. The van der Waals surface area contributed by atoms with Crippen molar-refractivity contribution in [1.29, 1.82) is 5.41 Å². The summed E-state index contributed by atoms with van der Waals surface area (Å²) in [7, 11) is 0. The van der Waals surface area contributed by atoms with Crippen LogP contribution in [0.5, 0.6) is 0 Å². The van der Waals surface area contributed by atoms with E-state index >= 15 is 0 Å². The molecule has 1 fully saturated rings. The number of carbonyl (C=O) groups is 1. The highest BCUT2D eigenvalue weighted by Crippen LogP contribution is 2.33. The summed E-state index contributed by atoms with van der Waals surface area (Å²) >= 11 is 0. The first-order chi connectivity index (χ1) is 7.00. The third-order valence-electron chi connectivity index (χ3n) is 3.33. The molecule has 1 aliphatic rings. The summed E-state index contributed by atoms with van der Waals surface area (Å²) in [5.41, 5.74) is -0.410. The SMILES string of the molecule is CCCN1C(=O)NC(=N)C1(CC)C(C)C. The summed E-state index contributed by atoms with van der Waals surface area (Å²) in [6.07, 6.45) is 1.72. The smallest absolute Gasteiger partial charge is 0.311 e. The Bertz CT molecular complexity index is 275. The average molecular weight is 211 g/mol. The van der Waals surface area contributed by atoms with Gasteiger partial charge in [0.2, 0.25) is 0 Å². The first-order valence-electron chi connectivity index (χ1n) is 5.68. The molecule has 1 heterocycles. The van der Waals surface area contributed by atoms with Gasteiger partial charge in [0.15, 0.2) is 0 Å². The van der Waals surface area contributed by atoms with Crippen molar-refractivity contribution in [2.75, 3.05) is 6.54 Å². The monoisotopic (exact) mass is 211 g/mol. The highest BCUT2D eigenvalue weighted by molar-refractivity contribution is 6.08. The molecule has 0 bridgehead atoms. The maximum atomic E-state index is 11.7. The predicted molar refractivity (Wildman–Crippen MR) is 61.1 cm³/mol. The van der Waals surface area contributed by atoms with Crippen LogP contribution in [0.2, 0.25) is 0 Å². The van der Waals surface area contributed by atoms with Gasteiger partial charge < -0.3 is 4.90 Å². The normalized spacial score (nSPS) is 26.3. The Morgan fingerprint density at radius 3 is 2.47 bits per heavy atom. The molecule has 1 saturated heterocycles. The second-order valence-electron chi connectivity index (χ2n) is 4.39. The molecule has 1 unspecified atom stereocenters. The maximum Gasteiger partial charge on any atom is 0.323 e. The van der Waals surface area contributed by atoms with E-state index in [0.29, 0.717) is 5.84 Å². The Morgan fingerprint density at radius 2 is 2.07 bits per heavy atom. The lowest BCUT2D eigenvalue weighted by Gasteiger charge is -2.39. The first kappa shape index (κ1) is 12.0. The molecule has 0 saturated carbocycles. The van der Waals surface area contributed by atoms with Crippen LogP contribution in [-0.4, -0.2) is 28.9 Å². The minimum atomic E-state index is -0.410. The van der Waals surface area contributed by atoms with E-state index in [2.05, 4.69) is 26.1 Å². The summed E-state index contributed by atoms with van der Waals surface area (Å²) in [5, 5.41) is 10.6. The largest absolute Gasteiger partial charge is 0.323 e. The Balaban J connectivity index is 3.09. The Labute approximate surface area is 91.5 Å². The van der Waals surface area contributed by atoms with Crippen molar-refractivity contribution in [3.63, 3.8) is 0 Å². The van der Waals surface area contributed by atoms with Crippen LogP contribution in [0.3, 0.4) is 0 Å². The van der Waals surface area contributed by atoms with Crippen molar-refractivity contribution in [2.45, 2.75) is 46.1 Å². The number of amidine groups is 1. The molecule has 15 heavy (non-hydrogen) atoms. The van der Waals surface area contributed by atoms with Gasteiger partial charge in [0.25, 0.3) is 0 Å². The summed E-state index contributed by atoms with van der Waals surface area (Å²) in [6, 6.07) is -0.114. The third-order valence-corrected chi connectivity index (χ3v) is 3.33. The second-order valence-corrected chi connectivity index (χ2v) is 4.39. The van der Waals surface area contributed by atoms with Gasteiger partial charge >= 0.3 is 6.03 Å². The summed E-state index contributed by atoms with van der Waals surface area (Å²) in [5.74, 6) is 0.624. The lowest BCUT2D eigenvalue weighted by atomic mass is 9.82. The predicted octanol–water partition coefficient (Wildman–Crippen LogP) is 2.20. The number of rotatable bonds is 4. The van der Waals surface area contributed by atoms with Gasteiger partial charge in [0.1, 0.15) is 11.4 Å². The molecule has 1 rings (SSSR count). The Morgan fingerprint density at radius 1 is 1.47 bits per heavy atom. The van der Waals surface area contributed by atoms with Crippen molar-refractivity contribution in [2.24, 2.45) is 5.92 Å². The molecular formula is C11H21N3O. The van der Waals surface area contributed by atoms with Crippen molar-refractivity contribution in [3.8, 4) is 0 Å². The number of urea groups is 1. The zero-order chi connectivity index (χ0) is 11.6. The zero-order valence-electron chi connectivity index (χ0n) is 10.1. The fourth-order valence-corrected chi connectivity index (χ4v) is 2.50. The van der Waals surface area contributed by atoms with Crippen LogP contribution in [0.25, 0.3) is 0 Å². The van der Waals surface area contributed by atoms with Crippen molar-refractivity contribution < 1.29 is 4.79 Å². The van der Waals surface area contributed by atoms with E-state index < -0.39 is 5.54 Å². The molecule has 0 aromatic carbocycles. The van der Waals surface area contributed by atoms with Crippen LogP contribution >= 0.6 is 0 Å². The lowest BCUT2D eigenvalue weighted by molar-refractivity contribution is 0.140. The van der Waals surface area contributed by atoms with Gasteiger partial charge in [-0.25, -0.2) is 4.79 Å². The molecule has 0 aromatic heterocycles. The highest BCUT2D eigenvalue weighted by atomic mass is 16.2. The van der Waals surface area contributed by atoms with Crippen molar-refractivity contribution >= 4 is 11.9 Å². The molecule has 0 spiro atoms. The van der Waals surface area contributed by atoms with E-state index in [4.69, 9.17) is 5.41 Å². The second kappa shape index (κ2) is 4.21. The standard InChI is InChI=1S/C11H21N3O/c1-5-7-14-10(15)13-9(12)11(14,6-2)8(3)4/h8H,5-7H2,1-4H3,(H2,12,13,15). The lowest BCUT2D eigenvalue weighted by Crippen LogP contribution is -2.53. The molecule has 0 aromatic rings. The van der Waals surface area contributed by atoms with Gasteiger partial charge in [-0.05, 0) is 18.8 Å². The molecule has 4 heteroatoms. The van der Waals surface area contributed by atoms with Gasteiger partial charge in [-0.1, -0.05) is 27.7 Å². The van der Waals surface area contributed by atoms with E-state index in [0.717, 1.165) is 19.4 Å². The average Bonchev–Trinajstić information content (AvgIpc) is 2.40. The number of hydrogen-bond acceptors (Lipinski definition) is 2.